The van der Waals surface area contributed by atoms with Gasteiger partial charge in [-0.2, -0.15) is 0 Å². The van der Waals surface area contributed by atoms with Crippen LogP contribution in [0.3, 0.4) is 0 Å². The van der Waals surface area contributed by atoms with Gasteiger partial charge in [0.2, 0.25) is 17.4 Å². The maximum absolute atomic E-state index is 12.2. The van der Waals surface area contributed by atoms with E-state index in [1.807, 2.05) is 12.1 Å². The van der Waals surface area contributed by atoms with E-state index in [1.165, 1.54) is 0 Å². The molecule has 6 nitrogen and oxygen atoms in total. The van der Waals surface area contributed by atoms with Gasteiger partial charge in [-0.15, -0.1) is 0 Å². The van der Waals surface area contributed by atoms with Crippen LogP contribution >= 0.6 is 0 Å². The maximum Gasteiger partial charge on any atom is 0.248 e. The highest BCUT2D eigenvalue weighted by molar-refractivity contribution is 6.00. The molecule has 0 bridgehead atoms. The van der Waals surface area contributed by atoms with Gasteiger partial charge in [0.1, 0.15) is 6.04 Å². The fourth-order valence-electron chi connectivity index (χ4n) is 3.00. The Bertz CT molecular complexity index is 877. The molecule has 0 spiro atoms. The van der Waals surface area contributed by atoms with Crippen molar-refractivity contribution in [2.45, 2.75) is 45.1 Å². The standard InChI is InChI=1S/C18H21N3O3/c1-18(2,3)12-9-16(23)21-14-8-10(4-5-11(12)14)19-17(24)13-6-7-15(22)20-13/h4-5,8-9,13H,6-7H2,1-3H3,(H,19,24)(H,20,22)(H,21,23). The van der Waals surface area contributed by atoms with Crippen molar-refractivity contribution in [2.24, 2.45) is 0 Å². The molecule has 1 atom stereocenters. The number of fused-ring (bicyclic) bond motifs is 1. The zero-order chi connectivity index (χ0) is 17.5. The Morgan fingerprint density at radius 1 is 1.21 bits per heavy atom. The van der Waals surface area contributed by atoms with Gasteiger partial charge in [0.05, 0.1) is 5.52 Å². The second-order valence-corrected chi connectivity index (χ2v) is 7.21. The SMILES string of the molecule is CC(C)(C)c1cc(=O)[nH]c2cc(NC(=O)C3CCC(=O)N3)ccc12. The summed E-state index contributed by atoms with van der Waals surface area (Å²) in [5.41, 5.74) is 1.91. The Morgan fingerprint density at radius 2 is 1.96 bits per heavy atom. The molecule has 3 N–H and O–H groups in total. The molecule has 1 saturated heterocycles. The summed E-state index contributed by atoms with van der Waals surface area (Å²) < 4.78 is 0. The van der Waals surface area contributed by atoms with Crippen molar-refractivity contribution in [1.82, 2.24) is 10.3 Å². The third-order valence-corrected chi connectivity index (χ3v) is 4.23. The number of carbonyl (C=O) groups is 2. The number of hydrogen-bond acceptors (Lipinski definition) is 3. The van der Waals surface area contributed by atoms with Crippen molar-refractivity contribution < 1.29 is 9.59 Å². The molecule has 2 heterocycles. The van der Waals surface area contributed by atoms with Gasteiger partial charge in [-0.1, -0.05) is 26.8 Å². The van der Waals surface area contributed by atoms with Gasteiger partial charge >= 0.3 is 0 Å². The Morgan fingerprint density at radius 3 is 2.58 bits per heavy atom. The number of pyridine rings is 1. The second kappa shape index (κ2) is 5.78. The average molecular weight is 327 g/mol. The largest absolute Gasteiger partial charge is 0.344 e. The molecule has 1 aliphatic heterocycles. The highest BCUT2D eigenvalue weighted by atomic mass is 16.2. The normalized spacial score (nSPS) is 17.8. The van der Waals surface area contributed by atoms with Crippen LogP contribution in [0.2, 0.25) is 0 Å². The van der Waals surface area contributed by atoms with Crippen molar-refractivity contribution in [1.29, 1.82) is 0 Å². The fourth-order valence-corrected chi connectivity index (χ4v) is 3.00. The molecule has 1 aliphatic rings. The van der Waals surface area contributed by atoms with Gasteiger partial charge in [0.15, 0.2) is 0 Å². The molecule has 1 aromatic carbocycles. The average Bonchev–Trinajstić information content (AvgIpc) is 2.92. The summed E-state index contributed by atoms with van der Waals surface area (Å²) in [7, 11) is 0. The minimum atomic E-state index is -0.492. The van der Waals surface area contributed by atoms with Gasteiger partial charge in [-0.05, 0) is 29.5 Å². The molecule has 1 unspecified atom stereocenters. The number of amides is 2. The number of aromatic amines is 1. The molecular weight excluding hydrogens is 306 g/mol. The summed E-state index contributed by atoms with van der Waals surface area (Å²) in [5, 5.41) is 6.39. The molecule has 3 rings (SSSR count). The van der Waals surface area contributed by atoms with Gasteiger partial charge in [-0.25, -0.2) is 0 Å². The van der Waals surface area contributed by atoms with Crippen molar-refractivity contribution >= 4 is 28.4 Å². The number of H-pyrrole nitrogens is 1. The lowest BCUT2D eigenvalue weighted by Gasteiger charge is -2.21. The number of rotatable bonds is 2. The van der Waals surface area contributed by atoms with Gasteiger partial charge in [0.25, 0.3) is 0 Å². The van der Waals surface area contributed by atoms with E-state index in [4.69, 9.17) is 0 Å². The minimum Gasteiger partial charge on any atom is -0.344 e. The molecule has 0 aliphatic carbocycles. The molecule has 0 saturated carbocycles. The molecule has 126 valence electrons. The van der Waals surface area contributed by atoms with Crippen molar-refractivity contribution in [3.8, 4) is 0 Å². The Kier molecular flexibility index (Phi) is 3.91. The molecule has 1 fully saturated rings. The number of carbonyl (C=O) groups excluding carboxylic acids is 2. The van der Waals surface area contributed by atoms with Crippen LogP contribution in [0.15, 0.2) is 29.1 Å². The lowest BCUT2D eigenvalue weighted by Crippen LogP contribution is -2.37. The van der Waals surface area contributed by atoms with Crippen LogP contribution in [0, 0.1) is 0 Å². The third-order valence-electron chi connectivity index (χ3n) is 4.23. The van der Waals surface area contributed by atoms with E-state index in [0.29, 0.717) is 24.0 Å². The quantitative estimate of drug-likeness (QED) is 0.788. The topological polar surface area (TPSA) is 91.1 Å². The van der Waals surface area contributed by atoms with Gasteiger partial charge in [0, 0.05) is 23.6 Å². The van der Waals surface area contributed by atoms with E-state index in [1.54, 1.807) is 12.1 Å². The molecule has 24 heavy (non-hydrogen) atoms. The Labute approximate surface area is 139 Å². The first-order valence-electron chi connectivity index (χ1n) is 8.02. The third kappa shape index (κ3) is 3.18. The summed E-state index contributed by atoms with van der Waals surface area (Å²) >= 11 is 0. The highest BCUT2D eigenvalue weighted by Crippen LogP contribution is 2.29. The lowest BCUT2D eigenvalue weighted by atomic mass is 9.85. The van der Waals surface area contributed by atoms with E-state index in [2.05, 4.69) is 36.4 Å². The van der Waals surface area contributed by atoms with Crippen molar-refractivity contribution in [3.63, 3.8) is 0 Å². The van der Waals surface area contributed by atoms with Crippen LogP contribution in [0.1, 0.15) is 39.2 Å². The summed E-state index contributed by atoms with van der Waals surface area (Å²) in [6.07, 6.45) is 0.876. The number of hydrogen-bond donors (Lipinski definition) is 3. The second-order valence-electron chi connectivity index (χ2n) is 7.21. The van der Waals surface area contributed by atoms with E-state index in [0.717, 1.165) is 10.9 Å². The number of nitrogens with one attached hydrogen (secondary N) is 3. The summed E-state index contributed by atoms with van der Waals surface area (Å²) in [5.74, 6) is -0.345. The molecule has 2 amide bonds. The predicted molar refractivity (Wildman–Crippen MR) is 93.1 cm³/mol. The molecule has 2 aromatic rings. The first kappa shape index (κ1) is 16.2. The van der Waals surface area contributed by atoms with Crippen LogP contribution < -0.4 is 16.2 Å². The first-order valence-corrected chi connectivity index (χ1v) is 8.02. The zero-order valence-electron chi connectivity index (χ0n) is 14.0. The number of benzene rings is 1. The van der Waals surface area contributed by atoms with Gasteiger partial charge < -0.3 is 15.6 Å². The summed E-state index contributed by atoms with van der Waals surface area (Å²) in [6.45, 7) is 6.17. The Balaban J connectivity index is 1.93. The zero-order valence-corrected chi connectivity index (χ0v) is 14.0. The van der Waals surface area contributed by atoms with E-state index < -0.39 is 6.04 Å². The van der Waals surface area contributed by atoms with Crippen LogP contribution in [-0.2, 0) is 15.0 Å². The monoisotopic (exact) mass is 327 g/mol. The predicted octanol–water partition coefficient (Wildman–Crippen LogP) is 2.04. The van der Waals surface area contributed by atoms with Crippen molar-refractivity contribution in [3.05, 3.63) is 40.2 Å². The first-order chi connectivity index (χ1) is 11.2. The maximum atomic E-state index is 12.2. The molecule has 1 aromatic heterocycles. The van der Waals surface area contributed by atoms with Crippen molar-refractivity contribution in [2.75, 3.05) is 5.32 Å². The fraction of sp³-hybridized carbons (Fsp3) is 0.389. The highest BCUT2D eigenvalue weighted by Gasteiger charge is 2.27. The van der Waals surface area contributed by atoms with E-state index in [-0.39, 0.29) is 22.8 Å². The molecule has 6 heteroatoms. The summed E-state index contributed by atoms with van der Waals surface area (Å²) in [4.78, 5) is 38.2. The molecule has 0 radical (unpaired) electrons. The van der Waals surface area contributed by atoms with Crippen LogP contribution in [-0.4, -0.2) is 22.8 Å². The molecular formula is C18H21N3O3. The Hall–Kier alpha value is -2.63. The lowest BCUT2D eigenvalue weighted by molar-refractivity contribution is -0.122. The van der Waals surface area contributed by atoms with E-state index >= 15 is 0 Å². The minimum absolute atomic E-state index is 0.104. The number of aromatic nitrogens is 1. The van der Waals surface area contributed by atoms with E-state index in [9.17, 15) is 14.4 Å². The van der Waals surface area contributed by atoms with Gasteiger partial charge in [-0.3, -0.25) is 14.4 Å². The van der Waals surface area contributed by atoms with Crippen LogP contribution in [0.5, 0.6) is 0 Å². The summed E-state index contributed by atoms with van der Waals surface area (Å²) in [6, 6.07) is 6.59. The van der Waals surface area contributed by atoms with Crippen LogP contribution in [0.4, 0.5) is 5.69 Å². The smallest absolute Gasteiger partial charge is 0.248 e. The van der Waals surface area contributed by atoms with Crippen LogP contribution in [0.25, 0.3) is 10.9 Å². The number of anilines is 1.